The molecule has 0 aliphatic carbocycles. The first kappa shape index (κ1) is 11.7. The minimum absolute atomic E-state index is 0.749. The molecular weight excluding hydrogens is 264 g/mol. The van der Waals surface area contributed by atoms with E-state index in [1.807, 2.05) is 0 Å². The Bertz CT molecular complexity index is 514. The summed E-state index contributed by atoms with van der Waals surface area (Å²) < 4.78 is 1.19. The van der Waals surface area contributed by atoms with E-state index in [0.29, 0.717) is 0 Å². The fourth-order valence-corrected chi connectivity index (χ4v) is 2.72. The first-order chi connectivity index (χ1) is 7.65. The third-order valence-corrected chi connectivity index (χ3v) is 3.91. The number of nitrogens with one attached hydrogen (secondary N) is 1. The largest absolute Gasteiger partial charge is 0.361 e. The van der Waals surface area contributed by atoms with Gasteiger partial charge in [0.2, 0.25) is 0 Å². The molecule has 3 heteroatoms. The predicted molar refractivity (Wildman–Crippen MR) is 72.8 cm³/mol. The molecule has 0 atom stereocenters. The van der Waals surface area contributed by atoms with E-state index in [1.165, 1.54) is 32.1 Å². The highest BCUT2D eigenvalue weighted by molar-refractivity contribution is 9.10. The maximum absolute atomic E-state index is 5.57. The van der Waals surface area contributed by atoms with Gasteiger partial charge < -0.3 is 10.7 Å². The second-order valence-corrected chi connectivity index (χ2v) is 5.11. The van der Waals surface area contributed by atoms with Crippen molar-refractivity contribution in [3.63, 3.8) is 0 Å². The number of H-pyrrole nitrogens is 1. The molecule has 1 aromatic carbocycles. The van der Waals surface area contributed by atoms with Crippen LogP contribution in [-0.4, -0.2) is 11.5 Å². The normalized spacial score (nSPS) is 11.2. The van der Waals surface area contributed by atoms with Gasteiger partial charge in [0.05, 0.1) is 0 Å². The number of fused-ring (bicyclic) bond motifs is 1. The zero-order valence-electron chi connectivity index (χ0n) is 9.73. The van der Waals surface area contributed by atoms with E-state index in [1.54, 1.807) is 0 Å². The second-order valence-electron chi connectivity index (χ2n) is 4.26. The summed E-state index contributed by atoms with van der Waals surface area (Å²) in [7, 11) is 0. The van der Waals surface area contributed by atoms with Crippen molar-refractivity contribution in [2.45, 2.75) is 26.7 Å². The quantitative estimate of drug-likeness (QED) is 0.889. The van der Waals surface area contributed by atoms with Crippen molar-refractivity contribution in [1.29, 1.82) is 0 Å². The van der Waals surface area contributed by atoms with E-state index in [-0.39, 0.29) is 0 Å². The summed E-state index contributed by atoms with van der Waals surface area (Å²) in [6.07, 6.45) is 4.21. The van der Waals surface area contributed by atoms with Gasteiger partial charge in [-0.25, -0.2) is 0 Å². The molecule has 0 amide bonds. The molecule has 3 N–H and O–H groups in total. The van der Waals surface area contributed by atoms with Crippen LogP contribution in [0.15, 0.2) is 16.7 Å². The number of aromatic amines is 1. The van der Waals surface area contributed by atoms with Crippen LogP contribution < -0.4 is 5.73 Å². The van der Waals surface area contributed by atoms with Crippen LogP contribution in [0.3, 0.4) is 0 Å². The van der Waals surface area contributed by atoms with Crippen molar-refractivity contribution in [2.75, 3.05) is 6.54 Å². The maximum Gasteiger partial charge on any atom is 0.0489 e. The number of hydrogen-bond acceptors (Lipinski definition) is 1. The van der Waals surface area contributed by atoms with Crippen LogP contribution in [0.2, 0.25) is 0 Å². The number of halogens is 1. The SMILES string of the molecule is Cc1cc(Br)c(C)c2c(CCCN)c[nH]c12. The Hall–Kier alpha value is -0.800. The summed E-state index contributed by atoms with van der Waals surface area (Å²) >= 11 is 3.62. The van der Waals surface area contributed by atoms with Gasteiger partial charge in [0.15, 0.2) is 0 Å². The van der Waals surface area contributed by atoms with Crippen LogP contribution >= 0.6 is 15.9 Å². The zero-order valence-corrected chi connectivity index (χ0v) is 11.3. The zero-order chi connectivity index (χ0) is 11.7. The summed E-state index contributed by atoms with van der Waals surface area (Å²) in [6, 6.07) is 2.17. The number of benzene rings is 1. The molecule has 0 saturated heterocycles. The lowest BCUT2D eigenvalue weighted by molar-refractivity contribution is 0.836. The van der Waals surface area contributed by atoms with E-state index >= 15 is 0 Å². The highest BCUT2D eigenvalue weighted by Gasteiger charge is 2.10. The van der Waals surface area contributed by atoms with E-state index < -0.39 is 0 Å². The molecule has 2 aromatic rings. The van der Waals surface area contributed by atoms with Crippen LogP contribution in [-0.2, 0) is 6.42 Å². The molecule has 86 valence electrons. The molecule has 0 radical (unpaired) electrons. The van der Waals surface area contributed by atoms with Crippen LogP contribution in [0.1, 0.15) is 23.1 Å². The highest BCUT2D eigenvalue weighted by Crippen LogP contribution is 2.31. The number of nitrogens with two attached hydrogens (primary N) is 1. The summed E-state index contributed by atoms with van der Waals surface area (Å²) in [4.78, 5) is 3.37. The molecule has 2 rings (SSSR count). The fourth-order valence-electron chi connectivity index (χ4n) is 2.18. The minimum Gasteiger partial charge on any atom is -0.361 e. The Kier molecular flexibility index (Phi) is 3.36. The van der Waals surface area contributed by atoms with Gasteiger partial charge in [0.25, 0.3) is 0 Å². The summed E-state index contributed by atoms with van der Waals surface area (Å²) in [5.41, 5.74) is 10.8. The van der Waals surface area contributed by atoms with Gasteiger partial charge >= 0.3 is 0 Å². The molecular formula is C13H17BrN2. The van der Waals surface area contributed by atoms with Crippen molar-refractivity contribution in [3.05, 3.63) is 33.4 Å². The molecule has 2 nitrogen and oxygen atoms in total. The Balaban J connectivity index is 2.60. The van der Waals surface area contributed by atoms with Crippen LogP contribution in [0.25, 0.3) is 10.9 Å². The first-order valence-corrected chi connectivity index (χ1v) is 6.40. The molecule has 0 aliphatic rings. The second kappa shape index (κ2) is 4.60. The van der Waals surface area contributed by atoms with E-state index in [4.69, 9.17) is 5.73 Å². The summed E-state index contributed by atoms with van der Waals surface area (Å²) in [6.45, 7) is 5.04. The van der Waals surface area contributed by atoms with Crippen molar-refractivity contribution < 1.29 is 0 Å². The maximum atomic E-state index is 5.57. The fraction of sp³-hybridized carbons (Fsp3) is 0.385. The molecule has 0 spiro atoms. The first-order valence-electron chi connectivity index (χ1n) is 5.61. The Morgan fingerprint density at radius 3 is 2.81 bits per heavy atom. The van der Waals surface area contributed by atoms with Crippen molar-refractivity contribution in [1.82, 2.24) is 4.98 Å². The number of hydrogen-bond donors (Lipinski definition) is 2. The Morgan fingerprint density at radius 2 is 2.12 bits per heavy atom. The van der Waals surface area contributed by atoms with Gasteiger partial charge in [-0.1, -0.05) is 15.9 Å². The van der Waals surface area contributed by atoms with Crippen LogP contribution in [0.5, 0.6) is 0 Å². The lowest BCUT2D eigenvalue weighted by Crippen LogP contribution is -2.00. The minimum atomic E-state index is 0.749. The van der Waals surface area contributed by atoms with Gasteiger partial charge in [-0.2, -0.15) is 0 Å². The molecule has 1 aromatic heterocycles. The molecule has 0 aliphatic heterocycles. The van der Waals surface area contributed by atoms with Gasteiger partial charge in [-0.05, 0) is 56.0 Å². The number of aryl methyl sites for hydroxylation is 3. The molecule has 0 saturated carbocycles. The third-order valence-electron chi connectivity index (χ3n) is 3.08. The van der Waals surface area contributed by atoms with Crippen LogP contribution in [0.4, 0.5) is 0 Å². The average Bonchev–Trinajstić information content (AvgIpc) is 2.67. The predicted octanol–water partition coefficient (Wildman–Crippen LogP) is 3.44. The third kappa shape index (κ3) is 1.89. The smallest absolute Gasteiger partial charge is 0.0489 e. The van der Waals surface area contributed by atoms with Crippen molar-refractivity contribution >= 4 is 26.8 Å². The van der Waals surface area contributed by atoms with E-state index in [0.717, 1.165) is 19.4 Å². The van der Waals surface area contributed by atoms with Gasteiger partial charge in [0.1, 0.15) is 0 Å². The lowest BCUT2D eigenvalue weighted by Gasteiger charge is -2.06. The van der Waals surface area contributed by atoms with Gasteiger partial charge in [0, 0.05) is 21.6 Å². The summed E-state index contributed by atoms with van der Waals surface area (Å²) in [5, 5.41) is 1.36. The number of rotatable bonds is 3. The molecule has 16 heavy (non-hydrogen) atoms. The molecule has 0 fully saturated rings. The topological polar surface area (TPSA) is 41.8 Å². The molecule has 0 unspecified atom stereocenters. The van der Waals surface area contributed by atoms with Crippen LogP contribution in [0, 0.1) is 13.8 Å². The highest BCUT2D eigenvalue weighted by atomic mass is 79.9. The van der Waals surface area contributed by atoms with E-state index in [2.05, 4.69) is 47.0 Å². The summed E-state index contributed by atoms with van der Waals surface area (Å²) in [5.74, 6) is 0. The number of aromatic nitrogens is 1. The van der Waals surface area contributed by atoms with Crippen molar-refractivity contribution in [3.8, 4) is 0 Å². The van der Waals surface area contributed by atoms with Gasteiger partial charge in [-0.3, -0.25) is 0 Å². The Labute approximate surface area is 104 Å². The molecule has 0 bridgehead atoms. The lowest BCUT2D eigenvalue weighted by atomic mass is 10.0. The van der Waals surface area contributed by atoms with Crippen molar-refractivity contribution in [2.24, 2.45) is 5.73 Å². The Morgan fingerprint density at radius 1 is 1.38 bits per heavy atom. The standard InChI is InChI=1S/C13H17BrN2/c1-8-6-11(14)9(2)12-10(4-3-5-15)7-16-13(8)12/h6-7,16H,3-5,15H2,1-2H3. The van der Waals surface area contributed by atoms with Gasteiger partial charge in [-0.15, -0.1) is 0 Å². The van der Waals surface area contributed by atoms with E-state index in [9.17, 15) is 0 Å². The average molecular weight is 281 g/mol. The molecule has 1 heterocycles. The monoisotopic (exact) mass is 280 g/mol.